The van der Waals surface area contributed by atoms with Crippen LogP contribution in [0.5, 0.6) is 0 Å². The molecule has 0 unspecified atom stereocenters. The summed E-state index contributed by atoms with van der Waals surface area (Å²) in [6, 6.07) is 12.3. The van der Waals surface area contributed by atoms with Gasteiger partial charge < -0.3 is 10.4 Å². The molecule has 4 rings (SSSR count). The van der Waals surface area contributed by atoms with E-state index in [1.54, 1.807) is 0 Å². The molecule has 1 saturated carbocycles. The van der Waals surface area contributed by atoms with E-state index in [0.29, 0.717) is 11.2 Å². The normalized spacial score (nSPS) is 15.9. The van der Waals surface area contributed by atoms with Crippen molar-refractivity contribution in [3.8, 4) is 6.07 Å². The fraction of sp³-hybridized carbons (Fsp3) is 0.400. The smallest absolute Gasteiger partial charge is 0.157 e. The summed E-state index contributed by atoms with van der Waals surface area (Å²) < 4.78 is 2.05. The van der Waals surface area contributed by atoms with Crippen molar-refractivity contribution in [2.45, 2.75) is 32.6 Å². The summed E-state index contributed by atoms with van der Waals surface area (Å²) in [6.07, 6.45) is 4.38. The van der Waals surface area contributed by atoms with Gasteiger partial charge in [-0.3, -0.25) is 4.40 Å². The highest BCUT2D eigenvalue weighted by molar-refractivity contribution is 5.85. The quantitative estimate of drug-likeness (QED) is 0.747. The van der Waals surface area contributed by atoms with Crippen LogP contribution in [0, 0.1) is 23.7 Å². The summed E-state index contributed by atoms with van der Waals surface area (Å²) in [5, 5.41) is 22.5. The Labute approximate surface area is 146 Å². The molecule has 5 heteroatoms. The van der Waals surface area contributed by atoms with E-state index in [9.17, 15) is 10.4 Å². The van der Waals surface area contributed by atoms with Gasteiger partial charge in [-0.2, -0.15) is 5.26 Å². The van der Waals surface area contributed by atoms with E-state index in [1.165, 1.54) is 6.42 Å². The van der Waals surface area contributed by atoms with Crippen molar-refractivity contribution in [3.05, 3.63) is 41.5 Å². The summed E-state index contributed by atoms with van der Waals surface area (Å²) in [5.74, 6) is 0.962. The number of aromatic nitrogens is 2. The Morgan fingerprint density at radius 1 is 1.36 bits per heavy atom. The number of hydrogen-bond donors (Lipinski definition) is 2. The minimum absolute atomic E-state index is 0.194. The zero-order valence-corrected chi connectivity index (χ0v) is 14.4. The summed E-state index contributed by atoms with van der Waals surface area (Å²) >= 11 is 0. The highest BCUT2D eigenvalue weighted by Crippen LogP contribution is 2.44. The lowest BCUT2D eigenvalue weighted by atomic mass is 9.67. The highest BCUT2D eigenvalue weighted by Gasteiger charge is 2.36. The van der Waals surface area contributed by atoms with E-state index >= 15 is 0 Å². The maximum absolute atomic E-state index is 9.56. The standard InChI is InChI=1S/C20H22N4O/c1-14-11-18(22-13-20(9-10-25)7-4-8-20)24-17-6-3-2-5-16(17)23-19(24)15(14)12-21/h2-3,5-6,11,22,25H,4,7-10,13H2,1H3. The Morgan fingerprint density at radius 2 is 2.16 bits per heavy atom. The molecule has 5 nitrogen and oxygen atoms in total. The third-order valence-corrected chi connectivity index (χ3v) is 5.59. The van der Waals surface area contributed by atoms with Gasteiger partial charge in [0, 0.05) is 13.2 Å². The number of anilines is 1. The van der Waals surface area contributed by atoms with Crippen LogP contribution < -0.4 is 5.32 Å². The van der Waals surface area contributed by atoms with Gasteiger partial charge in [-0.1, -0.05) is 18.6 Å². The predicted octanol–water partition coefficient (Wildman–Crippen LogP) is 3.63. The molecule has 0 saturated heterocycles. The fourth-order valence-corrected chi connectivity index (χ4v) is 3.93. The molecule has 2 N–H and O–H groups in total. The second-order valence-corrected chi connectivity index (χ2v) is 7.14. The van der Waals surface area contributed by atoms with Crippen molar-refractivity contribution in [1.82, 2.24) is 9.38 Å². The number of aliphatic hydroxyl groups is 1. The molecule has 2 aromatic heterocycles. The van der Waals surface area contributed by atoms with E-state index in [2.05, 4.69) is 16.4 Å². The summed E-state index contributed by atoms with van der Waals surface area (Å²) in [4.78, 5) is 4.68. The van der Waals surface area contributed by atoms with E-state index < -0.39 is 0 Å². The fourth-order valence-electron chi connectivity index (χ4n) is 3.93. The molecule has 25 heavy (non-hydrogen) atoms. The van der Waals surface area contributed by atoms with Gasteiger partial charge in [-0.05, 0) is 55.4 Å². The van der Waals surface area contributed by atoms with Gasteiger partial charge in [-0.25, -0.2) is 4.98 Å². The lowest BCUT2D eigenvalue weighted by Gasteiger charge is -2.42. The zero-order valence-electron chi connectivity index (χ0n) is 14.4. The molecular formula is C20H22N4O. The number of aryl methyl sites for hydroxylation is 1. The predicted molar refractivity (Wildman–Crippen MR) is 98.6 cm³/mol. The van der Waals surface area contributed by atoms with Crippen LogP contribution in [-0.2, 0) is 0 Å². The van der Waals surface area contributed by atoms with Gasteiger partial charge in [0.2, 0.25) is 0 Å². The lowest BCUT2D eigenvalue weighted by molar-refractivity contribution is 0.101. The second kappa shape index (κ2) is 6.05. The minimum atomic E-state index is 0.194. The molecule has 128 valence electrons. The Bertz CT molecular complexity index is 979. The van der Waals surface area contributed by atoms with E-state index in [4.69, 9.17) is 0 Å². The van der Waals surface area contributed by atoms with Crippen molar-refractivity contribution in [1.29, 1.82) is 5.26 Å². The first kappa shape index (κ1) is 15.9. The third-order valence-electron chi connectivity index (χ3n) is 5.59. The SMILES string of the molecule is Cc1cc(NCC2(CCO)CCC2)n2c(nc3ccccc32)c1C#N. The molecule has 0 amide bonds. The van der Waals surface area contributed by atoms with Crippen LogP contribution in [0.4, 0.5) is 5.82 Å². The minimum Gasteiger partial charge on any atom is -0.396 e. The topological polar surface area (TPSA) is 73.3 Å². The number of nitrogens with zero attached hydrogens (tertiary/aromatic N) is 3. The number of aliphatic hydroxyl groups excluding tert-OH is 1. The molecule has 3 aromatic rings. The average molecular weight is 334 g/mol. The van der Waals surface area contributed by atoms with E-state index in [0.717, 1.165) is 48.2 Å². The Hall–Kier alpha value is -2.58. The average Bonchev–Trinajstić information content (AvgIpc) is 2.96. The lowest BCUT2D eigenvalue weighted by Crippen LogP contribution is -2.37. The van der Waals surface area contributed by atoms with Gasteiger partial charge in [0.15, 0.2) is 5.65 Å². The first-order chi connectivity index (χ1) is 12.2. The van der Waals surface area contributed by atoms with Crippen LogP contribution in [-0.4, -0.2) is 27.6 Å². The molecule has 0 bridgehead atoms. The van der Waals surface area contributed by atoms with Crippen LogP contribution in [0.15, 0.2) is 30.3 Å². The number of rotatable bonds is 5. The third kappa shape index (κ3) is 2.54. The van der Waals surface area contributed by atoms with Gasteiger partial charge in [0.05, 0.1) is 16.6 Å². The van der Waals surface area contributed by atoms with Crippen LogP contribution in [0.3, 0.4) is 0 Å². The Kier molecular flexibility index (Phi) is 3.85. The summed E-state index contributed by atoms with van der Waals surface area (Å²) in [7, 11) is 0. The van der Waals surface area contributed by atoms with Crippen LogP contribution in [0.1, 0.15) is 36.8 Å². The monoisotopic (exact) mass is 334 g/mol. The van der Waals surface area contributed by atoms with Crippen LogP contribution in [0.2, 0.25) is 0 Å². The molecule has 0 atom stereocenters. The number of benzene rings is 1. The number of pyridine rings is 1. The summed E-state index contributed by atoms with van der Waals surface area (Å²) in [6.45, 7) is 3.02. The van der Waals surface area contributed by atoms with Crippen molar-refractivity contribution in [2.24, 2.45) is 5.41 Å². The molecule has 0 aliphatic heterocycles. The second-order valence-electron chi connectivity index (χ2n) is 7.14. The Balaban J connectivity index is 1.82. The van der Waals surface area contributed by atoms with E-state index in [-0.39, 0.29) is 12.0 Å². The van der Waals surface area contributed by atoms with Crippen molar-refractivity contribution >= 4 is 22.5 Å². The molecule has 0 radical (unpaired) electrons. The van der Waals surface area contributed by atoms with E-state index in [1.807, 2.05) is 41.7 Å². The molecule has 1 aromatic carbocycles. The van der Waals surface area contributed by atoms with Gasteiger partial charge >= 0.3 is 0 Å². The maximum atomic E-state index is 9.56. The number of nitrogens with one attached hydrogen (secondary N) is 1. The molecule has 1 fully saturated rings. The van der Waals surface area contributed by atoms with Crippen molar-refractivity contribution in [3.63, 3.8) is 0 Å². The first-order valence-corrected chi connectivity index (χ1v) is 8.83. The number of fused-ring (bicyclic) bond motifs is 3. The zero-order chi connectivity index (χ0) is 17.4. The van der Waals surface area contributed by atoms with Crippen molar-refractivity contribution in [2.75, 3.05) is 18.5 Å². The van der Waals surface area contributed by atoms with Crippen LogP contribution in [0.25, 0.3) is 16.7 Å². The molecule has 0 spiro atoms. The number of para-hydroxylation sites is 2. The van der Waals surface area contributed by atoms with Crippen molar-refractivity contribution < 1.29 is 5.11 Å². The largest absolute Gasteiger partial charge is 0.396 e. The van der Waals surface area contributed by atoms with Crippen LogP contribution >= 0.6 is 0 Å². The summed E-state index contributed by atoms with van der Waals surface area (Å²) in [5.41, 5.74) is 4.34. The van der Waals surface area contributed by atoms with Gasteiger partial charge in [0.25, 0.3) is 0 Å². The van der Waals surface area contributed by atoms with Gasteiger partial charge in [0.1, 0.15) is 11.9 Å². The van der Waals surface area contributed by atoms with Gasteiger partial charge in [-0.15, -0.1) is 0 Å². The maximum Gasteiger partial charge on any atom is 0.157 e. The molecule has 1 aliphatic rings. The first-order valence-electron chi connectivity index (χ1n) is 8.83. The number of nitriles is 1. The number of hydrogen-bond acceptors (Lipinski definition) is 4. The molecule has 2 heterocycles. The number of imidazole rings is 1. The molecule has 1 aliphatic carbocycles. The molecular weight excluding hydrogens is 312 g/mol. The highest BCUT2D eigenvalue weighted by atomic mass is 16.3. The Morgan fingerprint density at radius 3 is 2.84 bits per heavy atom.